The molecule has 0 bridgehead atoms. The number of imidazole rings is 1. The summed E-state index contributed by atoms with van der Waals surface area (Å²) in [6.45, 7) is 4.21. The van der Waals surface area contributed by atoms with Crippen molar-refractivity contribution in [3.8, 4) is 0 Å². The first-order valence-corrected chi connectivity index (χ1v) is 6.10. The molecule has 3 heterocycles. The normalized spacial score (nSPS) is 11.9. The molecule has 0 unspecified atom stereocenters. The van der Waals surface area contributed by atoms with Gasteiger partial charge in [0.15, 0.2) is 0 Å². The van der Waals surface area contributed by atoms with Gasteiger partial charge in [-0.05, 0) is 38.1 Å². The van der Waals surface area contributed by atoms with E-state index in [4.69, 9.17) is 4.98 Å². The lowest BCUT2D eigenvalue weighted by molar-refractivity contribution is 1.11. The van der Waals surface area contributed by atoms with Crippen LogP contribution in [0, 0.1) is 13.8 Å². The second-order valence-electron chi connectivity index (χ2n) is 4.84. The molecule has 88 valence electrons. The second-order valence-corrected chi connectivity index (χ2v) is 4.84. The van der Waals surface area contributed by atoms with Crippen molar-refractivity contribution in [2.24, 2.45) is 0 Å². The van der Waals surface area contributed by atoms with E-state index in [0.29, 0.717) is 0 Å². The molecular weight excluding hydrogens is 222 g/mol. The highest BCUT2D eigenvalue weighted by Crippen LogP contribution is 2.27. The summed E-state index contributed by atoms with van der Waals surface area (Å²) in [4.78, 5) is 8.21. The van der Waals surface area contributed by atoms with Gasteiger partial charge in [-0.15, -0.1) is 0 Å². The van der Waals surface area contributed by atoms with Gasteiger partial charge in [-0.1, -0.05) is 17.7 Å². The zero-order chi connectivity index (χ0) is 12.3. The fourth-order valence-electron chi connectivity index (χ4n) is 2.65. The topological polar surface area (TPSA) is 33.1 Å². The fourth-order valence-corrected chi connectivity index (χ4v) is 2.65. The molecule has 1 N–H and O–H groups in total. The van der Waals surface area contributed by atoms with Crippen LogP contribution in [0.2, 0.25) is 0 Å². The van der Waals surface area contributed by atoms with Crippen LogP contribution in [0.5, 0.6) is 0 Å². The molecule has 4 rings (SSSR count). The van der Waals surface area contributed by atoms with Gasteiger partial charge in [0.25, 0.3) is 0 Å². The Bertz CT molecular complexity index is 896. The predicted octanol–water partition coefficient (Wildman–Crippen LogP) is 3.59. The van der Waals surface area contributed by atoms with Crippen molar-refractivity contribution in [2.45, 2.75) is 13.8 Å². The maximum Gasteiger partial charge on any atom is 0.143 e. The number of hydrogen-bond donors (Lipinski definition) is 1. The number of aromatic amines is 1. The minimum absolute atomic E-state index is 1.000. The summed E-state index contributed by atoms with van der Waals surface area (Å²) in [5.74, 6) is 0. The van der Waals surface area contributed by atoms with Gasteiger partial charge in [0.05, 0.1) is 0 Å². The summed E-state index contributed by atoms with van der Waals surface area (Å²) in [7, 11) is 0. The first-order chi connectivity index (χ1) is 8.74. The molecule has 0 aliphatic rings. The third-order valence-corrected chi connectivity index (χ3v) is 3.52. The number of nitrogens with one attached hydrogen (secondary N) is 1. The van der Waals surface area contributed by atoms with Crippen LogP contribution in [0.1, 0.15) is 11.3 Å². The maximum atomic E-state index is 4.74. The van der Waals surface area contributed by atoms with Crippen molar-refractivity contribution in [3.05, 3.63) is 47.7 Å². The lowest BCUT2D eigenvalue weighted by atomic mass is 10.2. The molecular formula is C15H13N3. The van der Waals surface area contributed by atoms with Gasteiger partial charge in [-0.3, -0.25) is 4.40 Å². The number of aromatic nitrogens is 3. The van der Waals surface area contributed by atoms with Gasteiger partial charge in [0.2, 0.25) is 0 Å². The molecule has 4 aromatic rings. The van der Waals surface area contributed by atoms with E-state index in [9.17, 15) is 0 Å². The number of nitrogens with zero attached hydrogens (tertiary/aromatic N) is 2. The molecule has 0 fully saturated rings. The quantitative estimate of drug-likeness (QED) is 0.496. The van der Waals surface area contributed by atoms with Crippen molar-refractivity contribution in [2.75, 3.05) is 0 Å². The summed E-state index contributed by atoms with van der Waals surface area (Å²) in [6, 6.07) is 12.6. The molecule has 3 heteroatoms. The number of pyridine rings is 1. The van der Waals surface area contributed by atoms with Gasteiger partial charge in [0.1, 0.15) is 16.8 Å². The minimum Gasteiger partial charge on any atom is -0.339 e. The number of aryl methyl sites for hydroxylation is 2. The average molecular weight is 235 g/mol. The molecule has 0 saturated carbocycles. The van der Waals surface area contributed by atoms with E-state index in [-0.39, 0.29) is 0 Å². The zero-order valence-corrected chi connectivity index (χ0v) is 10.4. The average Bonchev–Trinajstić information content (AvgIpc) is 2.86. The highest BCUT2D eigenvalue weighted by molar-refractivity contribution is 6.05. The Balaban J connectivity index is 2.31. The van der Waals surface area contributed by atoms with Crippen LogP contribution in [-0.2, 0) is 0 Å². The van der Waals surface area contributed by atoms with Gasteiger partial charge < -0.3 is 4.98 Å². The van der Waals surface area contributed by atoms with E-state index in [1.807, 2.05) is 12.1 Å². The van der Waals surface area contributed by atoms with Gasteiger partial charge in [-0.2, -0.15) is 0 Å². The Labute approximate surface area is 104 Å². The van der Waals surface area contributed by atoms with Crippen LogP contribution in [0.25, 0.3) is 27.7 Å². The van der Waals surface area contributed by atoms with Crippen LogP contribution in [0.15, 0.2) is 36.4 Å². The van der Waals surface area contributed by atoms with Crippen molar-refractivity contribution >= 4 is 27.7 Å². The Morgan fingerprint density at radius 3 is 2.89 bits per heavy atom. The van der Waals surface area contributed by atoms with E-state index in [0.717, 1.165) is 22.3 Å². The SMILES string of the molecule is Cc1ccc2[nH]c3c(nc4cccc(C)n43)c2c1. The summed E-state index contributed by atoms with van der Waals surface area (Å²) < 4.78 is 2.17. The highest BCUT2D eigenvalue weighted by Gasteiger charge is 2.11. The summed E-state index contributed by atoms with van der Waals surface area (Å²) in [6.07, 6.45) is 0. The summed E-state index contributed by atoms with van der Waals surface area (Å²) in [5.41, 5.74) is 6.75. The lowest BCUT2D eigenvalue weighted by Gasteiger charge is -1.98. The third kappa shape index (κ3) is 1.11. The number of H-pyrrole nitrogens is 1. The highest BCUT2D eigenvalue weighted by atomic mass is 15.1. The molecule has 0 radical (unpaired) electrons. The Morgan fingerprint density at radius 2 is 2.00 bits per heavy atom. The van der Waals surface area contributed by atoms with E-state index < -0.39 is 0 Å². The number of rotatable bonds is 0. The van der Waals surface area contributed by atoms with E-state index in [1.54, 1.807) is 0 Å². The molecule has 0 aliphatic heterocycles. The minimum atomic E-state index is 1.000. The Kier molecular flexibility index (Phi) is 1.69. The number of hydrogen-bond acceptors (Lipinski definition) is 1. The molecule has 1 aromatic carbocycles. The van der Waals surface area contributed by atoms with E-state index in [1.165, 1.54) is 16.6 Å². The second kappa shape index (κ2) is 3.13. The standard InChI is InChI=1S/C15H13N3/c1-9-6-7-12-11(8-9)14-15(16-12)18-10(2)4-3-5-13(18)17-14/h3-8,16H,1-2H3. The first-order valence-electron chi connectivity index (χ1n) is 6.10. The van der Waals surface area contributed by atoms with Gasteiger partial charge in [-0.25, -0.2) is 4.98 Å². The van der Waals surface area contributed by atoms with Crippen LogP contribution >= 0.6 is 0 Å². The van der Waals surface area contributed by atoms with Crippen LogP contribution < -0.4 is 0 Å². The largest absolute Gasteiger partial charge is 0.339 e. The monoisotopic (exact) mass is 235 g/mol. The summed E-state index contributed by atoms with van der Waals surface area (Å²) >= 11 is 0. The van der Waals surface area contributed by atoms with Crippen molar-refractivity contribution in [3.63, 3.8) is 0 Å². The molecule has 0 atom stereocenters. The Hall–Kier alpha value is -2.29. The molecule has 0 amide bonds. The summed E-state index contributed by atoms with van der Waals surface area (Å²) in [5, 5.41) is 1.20. The lowest BCUT2D eigenvalue weighted by Crippen LogP contribution is -1.90. The molecule has 3 nitrogen and oxygen atoms in total. The zero-order valence-electron chi connectivity index (χ0n) is 10.4. The van der Waals surface area contributed by atoms with Gasteiger partial charge in [0, 0.05) is 16.6 Å². The van der Waals surface area contributed by atoms with Crippen molar-refractivity contribution in [1.82, 2.24) is 14.4 Å². The molecule has 3 aromatic heterocycles. The molecule has 0 saturated heterocycles. The maximum absolute atomic E-state index is 4.74. The van der Waals surface area contributed by atoms with Crippen LogP contribution in [0.4, 0.5) is 0 Å². The fraction of sp³-hybridized carbons (Fsp3) is 0.133. The van der Waals surface area contributed by atoms with E-state index in [2.05, 4.69) is 47.5 Å². The molecule has 18 heavy (non-hydrogen) atoms. The predicted molar refractivity (Wildman–Crippen MR) is 74.0 cm³/mol. The number of fused-ring (bicyclic) bond motifs is 5. The Morgan fingerprint density at radius 1 is 1.11 bits per heavy atom. The smallest absolute Gasteiger partial charge is 0.143 e. The molecule has 0 spiro atoms. The van der Waals surface area contributed by atoms with Gasteiger partial charge >= 0.3 is 0 Å². The van der Waals surface area contributed by atoms with E-state index >= 15 is 0 Å². The molecule has 0 aliphatic carbocycles. The number of benzene rings is 1. The van der Waals surface area contributed by atoms with Crippen molar-refractivity contribution < 1.29 is 0 Å². The first kappa shape index (κ1) is 9.71. The van der Waals surface area contributed by atoms with Crippen LogP contribution in [0.3, 0.4) is 0 Å². The third-order valence-electron chi connectivity index (χ3n) is 3.52. The van der Waals surface area contributed by atoms with Crippen molar-refractivity contribution in [1.29, 1.82) is 0 Å². The van der Waals surface area contributed by atoms with Crippen LogP contribution in [-0.4, -0.2) is 14.4 Å².